The number of hydrogen-bond acceptors (Lipinski definition) is 5. The molecule has 0 fully saturated rings. The van der Waals surface area contributed by atoms with Crippen LogP contribution in [-0.2, 0) is 9.22 Å². The molecule has 0 aliphatic heterocycles. The fourth-order valence-electron chi connectivity index (χ4n) is 0.842. The Labute approximate surface area is 84.9 Å². The summed E-state index contributed by atoms with van der Waals surface area (Å²) in [6, 6.07) is 3.88. The third-order valence-electron chi connectivity index (χ3n) is 1.45. The smallest absolute Gasteiger partial charge is 0.423 e. The summed E-state index contributed by atoms with van der Waals surface area (Å²) in [5.74, 6) is -0.704. The van der Waals surface area contributed by atoms with Crippen LogP contribution in [0.2, 0.25) is 0 Å². The topological polar surface area (TPSA) is 58.9 Å². The first-order valence-corrected chi connectivity index (χ1v) is 4.42. The van der Waals surface area contributed by atoms with E-state index in [9.17, 15) is 4.39 Å². The zero-order chi connectivity index (χ0) is 10.6. The second-order valence-corrected chi connectivity index (χ2v) is 3.15. The first kappa shape index (κ1) is 11.5. The van der Waals surface area contributed by atoms with Crippen molar-refractivity contribution in [2.24, 2.45) is 0 Å². The highest BCUT2D eigenvalue weighted by atomic mass is 32.2. The van der Waals surface area contributed by atoms with Gasteiger partial charge in [0, 0.05) is 10.4 Å². The molecule has 0 atom stereocenters. The standard InChI is InChI=1S/C7H8BFO4S/c1-12-13-14-5-2-3-6(8(10)11)7(9)4-5/h2-4,10-11H,1H3. The van der Waals surface area contributed by atoms with Gasteiger partial charge in [-0.1, -0.05) is 6.07 Å². The summed E-state index contributed by atoms with van der Waals surface area (Å²) in [4.78, 5) is 4.77. The van der Waals surface area contributed by atoms with Gasteiger partial charge >= 0.3 is 7.12 Å². The van der Waals surface area contributed by atoms with Crippen molar-refractivity contribution in [3.05, 3.63) is 24.0 Å². The maximum Gasteiger partial charge on any atom is 0.491 e. The Hall–Kier alpha value is -0.595. The van der Waals surface area contributed by atoms with Gasteiger partial charge in [-0.05, 0) is 12.1 Å². The molecule has 14 heavy (non-hydrogen) atoms. The van der Waals surface area contributed by atoms with Crippen LogP contribution in [0, 0.1) is 5.82 Å². The molecule has 0 heterocycles. The van der Waals surface area contributed by atoms with Crippen molar-refractivity contribution < 1.29 is 23.7 Å². The molecule has 2 N–H and O–H groups in total. The lowest BCUT2D eigenvalue weighted by atomic mass is 9.80. The van der Waals surface area contributed by atoms with Gasteiger partial charge in [0.05, 0.1) is 19.2 Å². The van der Waals surface area contributed by atoms with Gasteiger partial charge in [-0.2, -0.15) is 4.33 Å². The number of rotatable bonds is 4. The van der Waals surface area contributed by atoms with Crippen molar-refractivity contribution in [1.29, 1.82) is 0 Å². The van der Waals surface area contributed by atoms with E-state index in [4.69, 9.17) is 10.0 Å². The minimum atomic E-state index is -1.81. The Morgan fingerprint density at radius 3 is 2.64 bits per heavy atom. The summed E-state index contributed by atoms with van der Waals surface area (Å²) in [5.41, 5.74) is -0.174. The van der Waals surface area contributed by atoms with Crippen molar-refractivity contribution in [2.45, 2.75) is 4.90 Å². The van der Waals surface area contributed by atoms with Gasteiger partial charge in [-0.25, -0.2) is 9.28 Å². The average molecular weight is 218 g/mol. The minimum Gasteiger partial charge on any atom is -0.423 e. The quantitative estimate of drug-likeness (QED) is 0.324. The molecule has 0 radical (unpaired) electrons. The lowest BCUT2D eigenvalue weighted by Gasteiger charge is -2.03. The van der Waals surface area contributed by atoms with Crippen molar-refractivity contribution in [3.8, 4) is 0 Å². The molecule has 0 saturated carbocycles. The zero-order valence-electron chi connectivity index (χ0n) is 7.31. The van der Waals surface area contributed by atoms with Crippen LogP contribution < -0.4 is 5.46 Å². The molecule has 4 nitrogen and oxygen atoms in total. The molecular formula is C7H8BFO4S. The van der Waals surface area contributed by atoms with Crippen LogP contribution >= 0.6 is 12.0 Å². The van der Waals surface area contributed by atoms with Gasteiger partial charge in [0.15, 0.2) is 0 Å². The predicted octanol–water partition coefficient (Wildman–Crippen LogP) is 0.0906. The highest BCUT2D eigenvalue weighted by Gasteiger charge is 2.16. The van der Waals surface area contributed by atoms with Crippen LogP contribution in [0.25, 0.3) is 0 Å². The van der Waals surface area contributed by atoms with E-state index in [0.717, 1.165) is 18.1 Å². The summed E-state index contributed by atoms with van der Waals surface area (Å²) in [6.45, 7) is 0. The van der Waals surface area contributed by atoms with E-state index in [2.05, 4.69) is 9.22 Å². The molecule has 0 aliphatic rings. The summed E-state index contributed by atoms with van der Waals surface area (Å²) in [7, 11) is -0.479. The second-order valence-electron chi connectivity index (χ2n) is 2.38. The van der Waals surface area contributed by atoms with Gasteiger partial charge in [0.2, 0.25) is 0 Å². The van der Waals surface area contributed by atoms with E-state index in [1.807, 2.05) is 0 Å². The Balaban J connectivity index is 2.78. The molecule has 0 aromatic heterocycles. The van der Waals surface area contributed by atoms with E-state index in [1.54, 1.807) is 0 Å². The molecule has 1 aromatic rings. The third kappa shape index (κ3) is 2.97. The molecule has 0 aliphatic carbocycles. The van der Waals surface area contributed by atoms with Gasteiger partial charge in [-0.3, -0.25) is 0 Å². The molecule has 1 aromatic carbocycles. The number of benzene rings is 1. The Morgan fingerprint density at radius 2 is 2.14 bits per heavy atom. The van der Waals surface area contributed by atoms with Crippen LogP contribution in [0.3, 0.4) is 0 Å². The van der Waals surface area contributed by atoms with Crippen molar-refractivity contribution in [3.63, 3.8) is 0 Å². The summed E-state index contributed by atoms with van der Waals surface area (Å²) in [5, 5.41) is 17.4. The Bertz CT molecular complexity index is 310. The highest BCUT2D eigenvalue weighted by Crippen LogP contribution is 2.18. The van der Waals surface area contributed by atoms with Gasteiger partial charge < -0.3 is 10.0 Å². The molecule has 0 spiro atoms. The van der Waals surface area contributed by atoms with Crippen LogP contribution in [0.4, 0.5) is 4.39 Å². The lowest BCUT2D eigenvalue weighted by Crippen LogP contribution is -2.32. The monoisotopic (exact) mass is 218 g/mol. The highest BCUT2D eigenvalue weighted by molar-refractivity contribution is 7.94. The zero-order valence-corrected chi connectivity index (χ0v) is 8.12. The van der Waals surface area contributed by atoms with Crippen molar-refractivity contribution >= 4 is 24.6 Å². The largest absolute Gasteiger partial charge is 0.491 e. The van der Waals surface area contributed by atoms with Crippen LogP contribution in [0.15, 0.2) is 23.1 Å². The maximum atomic E-state index is 13.1. The third-order valence-corrected chi connectivity index (χ3v) is 2.10. The fraction of sp³-hybridized carbons (Fsp3) is 0.143. The molecule has 1 rings (SSSR count). The van der Waals surface area contributed by atoms with Gasteiger partial charge in [0.1, 0.15) is 5.82 Å². The number of halogens is 1. The normalized spacial score (nSPS) is 10.3. The Morgan fingerprint density at radius 1 is 1.43 bits per heavy atom. The molecule has 0 unspecified atom stereocenters. The van der Waals surface area contributed by atoms with E-state index in [0.29, 0.717) is 4.90 Å². The molecule has 0 bridgehead atoms. The summed E-state index contributed by atoms with van der Waals surface area (Å²) >= 11 is 0.830. The van der Waals surface area contributed by atoms with Crippen LogP contribution in [-0.4, -0.2) is 24.3 Å². The van der Waals surface area contributed by atoms with E-state index in [-0.39, 0.29) is 5.46 Å². The average Bonchev–Trinajstić information content (AvgIpc) is 2.14. The van der Waals surface area contributed by atoms with E-state index in [1.165, 1.54) is 19.2 Å². The SMILES string of the molecule is COOSc1ccc(B(O)O)c(F)c1. The van der Waals surface area contributed by atoms with Crippen molar-refractivity contribution in [1.82, 2.24) is 0 Å². The molecular weight excluding hydrogens is 210 g/mol. The number of hydrogen-bond donors (Lipinski definition) is 2. The first-order chi connectivity index (χ1) is 6.65. The van der Waals surface area contributed by atoms with Gasteiger partial charge in [-0.15, -0.1) is 0 Å². The van der Waals surface area contributed by atoms with Gasteiger partial charge in [0.25, 0.3) is 0 Å². The lowest BCUT2D eigenvalue weighted by molar-refractivity contribution is -0.160. The minimum absolute atomic E-state index is 0.174. The molecule has 0 amide bonds. The Kier molecular flexibility index (Phi) is 4.37. The summed E-state index contributed by atoms with van der Waals surface area (Å²) < 4.78 is 17.6. The second kappa shape index (κ2) is 5.33. The van der Waals surface area contributed by atoms with E-state index < -0.39 is 12.9 Å². The molecule has 76 valence electrons. The predicted molar refractivity (Wildman–Crippen MR) is 50.2 cm³/mol. The molecule has 7 heteroatoms. The maximum absolute atomic E-state index is 13.1. The molecule has 0 saturated heterocycles. The summed E-state index contributed by atoms with van der Waals surface area (Å²) in [6.07, 6.45) is 0. The van der Waals surface area contributed by atoms with Crippen LogP contribution in [0.5, 0.6) is 0 Å². The van der Waals surface area contributed by atoms with Crippen LogP contribution in [0.1, 0.15) is 0 Å². The first-order valence-electron chi connectivity index (χ1n) is 3.68. The van der Waals surface area contributed by atoms with E-state index >= 15 is 0 Å². The van der Waals surface area contributed by atoms with Crippen molar-refractivity contribution in [2.75, 3.05) is 7.11 Å². The fourth-order valence-corrected chi connectivity index (χ4v) is 1.26.